The zero-order valence-corrected chi connectivity index (χ0v) is 11.7. The van der Waals surface area contributed by atoms with E-state index in [-0.39, 0.29) is 0 Å². The number of hydrogen-bond acceptors (Lipinski definition) is 2. The molecule has 1 aliphatic heterocycles. The molecule has 0 fully saturated rings. The lowest BCUT2D eigenvalue weighted by molar-refractivity contribution is 0.272. The molecule has 1 heterocycles. The van der Waals surface area contributed by atoms with E-state index in [4.69, 9.17) is 0 Å². The summed E-state index contributed by atoms with van der Waals surface area (Å²) in [6.07, 6.45) is 4.22. The van der Waals surface area contributed by atoms with Gasteiger partial charge in [0.2, 0.25) is 0 Å². The van der Waals surface area contributed by atoms with Gasteiger partial charge in [0, 0.05) is 19.3 Å². The van der Waals surface area contributed by atoms with Crippen LogP contribution in [-0.2, 0) is 0 Å². The van der Waals surface area contributed by atoms with Crippen LogP contribution in [0.15, 0.2) is 12.3 Å². The number of hydrazine groups is 1. The van der Waals surface area contributed by atoms with Gasteiger partial charge in [0.15, 0.2) is 0 Å². The second kappa shape index (κ2) is 11.6. The maximum absolute atomic E-state index is 3.21. The van der Waals surface area contributed by atoms with Gasteiger partial charge in [-0.05, 0) is 11.8 Å². The Kier molecular flexibility index (Phi) is 13.1. The van der Waals surface area contributed by atoms with Crippen molar-refractivity contribution in [3.8, 4) is 0 Å². The van der Waals surface area contributed by atoms with Crippen molar-refractivity contribution in [3.63, 3.8) is 0 Å². The molecule has 1 N–H and O–H groups in total. The van der Waals surface area contributed by atoms with E-state index >= 15 is 0 Å². The third-order valence-electron chi connectivity index (χ3n) is 1.26. The number of nitrogens with one attached hydrogen (secondary N) is 1. The Hall–Kier alpha value is -0.500. The van der Waals surface area contributed by atoms with Gasteiger partial charge < -0.3 is 5.01 Å². The van der Waals surface area contributed by atoms with Crippen LogP contribution < -0.4 is 5.43 Å². The van der Waals surface area contributed by atoms with Crippen LogP contribution in [0.2, 0.25) is 0 Å². The highest BCUT2D eigenvalue weighted by molar-refractivity contribution is 4.89. The summed E-state index contributed by atoms with van der Waals surface area (Å²) in [6.45, 7) is 17.0. The second-order valence-electron chi connectivity index (χ2n) is 4.53. The van der Waals surface area contributed by atoms with Gasteiger partial charge >= 0.3 is 0 Å². The van der Waals surface area contributed by atoms with E-state index in [0.717, 1.165) is 24.9 Å². The highest BCUT2D eigenvalue weighted by Crippen LogP contribution is 1.98. The van der Waals surface area contributed by atoms with Gasteiger partial charge in [-0.25, -0.2) is 5.43 Å². The normalized spacial score (nSPS) is 13.5. The lowest BCUT2D eigenvalue weighted by Gasteiger charge is -2.17. The lowest BCUT2D eigenvalue weighted by Crippen LogP contribution is -2.31. The zero-order chi connectivity index (χ0) is 12.3. The van der Waals surface area contributed by atoms with Gasteiger partial charge in [-0.15, -0.1) is 0 Å². The molecule has 0 saturated carbocycles. The summed E-state index contributed by atoms with van der Waals surface area (Å²) in [6, 6.07) is 0. The molecule has 0 aromatic heterocycles. The molecule has 1 aliphatic rings. The fourth-order valence-corrected chi connectivity index (χ4v) is 0.921. The molecular formula is C13H30N2. The molecule has 2 nitrogen and oxygen atoms in total. The Balaban J connectivity index is 0. The van der Waals surface area contributed by atoms with E-state index in [9.17, 15) is 0 Å². The highest BCUT2D eigenvalue weighted by Gasteiger charge is 2.03. The molecule has 15 heavy (non-hydrogen) atoms. The van der Waals surface area contributed by atoms with Crippen molar-refractivity contribution in [3.05, 3.63) is 12.3 Å². The van der Waals surface area contributed by atoms with Crippen LogP contribution in [0.1, 0.15) is 48.5 Å². The van der Waals surface area contributed by atoms with Crippen LogP contribution in [0.5, 0.6) is 0 Å². The van der Waals surface area contributed by atoms with Gasteiger partial charge in [0.1, 0.15) is 0 Å². The predicted molar refractivity (Wildman–Crippen MR) is 70.5 cm³/mol. The number of rotatable bonds is 2. The molecule has 0 spiro atoms. The van der Waals surface area contributed by atoms with Crippen molar-refractivity contribution >= 4 is 0 Å². The SMILES string of the molecule is CC.CC(C)C.CC(C)CN1C=CCN1. The smallest absolute Gasteiger partial charge is 0.0360 e. The van der Waals surface area contributed by atoms with Crippen LogP contribution in [0.3, 0.4) is 0 Å². The summed E-state index contributed by atoms with van der Waals surface area (Å²) in [5, 5.41) is 2.13. The van der Waals surface area contributed by atoms with Crippen molar-refractivity contribution in [1.29, 1.82) is 0 Å². The van der Waals surface area contributed by atoms with Crippen molar-refractivity contribution in [1.82, 2.24) is 10.4 Å². The van der Waals surface area contributed by atoms with Crippen LogP contribution in [0.25, 0.3) is 0 Å². The van der Waals surface area contributed by atoms with Crippen LogP contribution >= 0.6 is 0 Å². The summed E-state index contributed by atoms with van der Waals surface area (Å²) in [5.41, 5.74) is 3.21. The molecule has 0 bridgehead atoms. The maximum Gasteiger partial charge on any atom is 0.0360 e. The third kappa shape index (κ3) is 16.2. The zero-order valence-electron chi connectivity index (χ0n) is 11.7. The van der Waals surface area contributed by atoms with E-state index < -0.39 is 0 Å². The van der Waals surface area contributed by atoms with Crippen molar-refractivity contribution in [2.75, 3.05) is 13.1 Å². The van der Waals surface area contributed by atoms with Gasteiger partial charge in [0.05, 0.1) is 0 Å². The molecule has 0 aliphatic carbocycles. The number of hydrogen-bond donors (Lipinski definition) is 1. The minimum atomic E-state index is 0.736. The summed E-state index contributed by atoms with van der Waals surface area (Å²) < 4.78 is 0. The summed E-state index contributed by atoms with van der Waals surface area (Å²) in [5.74, 6) is 1.57. The average molecular weight is 214 g/mol. The molecule has 2 heteroatoms. The molecule has 0 aromatic carbocycles. The van der Waals surface area contributed by atoms with Crippen molar-refractivity contribution in [2.45, 2.75) is 48.5 Å². The quantitative estimate of drug-likeness (QED) is 0.754. The minimum Gasteiger partial charge on any atom is -0.315 e. The number of nitrogens with zero attached hydrogens (tertiary/aromatic N) is 1. The fourth-order valence-electron chi connectivity index (χ4n) is 0.921. The van der Waals surface area contributed by atoms with Crippen LogP contribution in [-0.4, -0.2) is 18.1 Å². The largest absolute Gasteiger partial charge is 0.315 e. The molecule has 0 aromatic rings. The lowest BCUT2D eigenvalue weighted by atomic mass is 10.2. The Morgan fingerprint density at radius 3 is 1.87 bits per heavy atom. The topological polar surface area (TPSA) is 15.3 Å². The summed E-state index contributed by atoms with van der Waals surface area (Å²) in [7, 11) is 0. The van der Waals surface area contributed by atoms with Gasteiger partial charge in [-0.1, -0.05) is 54.5 Å². The van der Waals surface area contributed by atoms with E-state index in [1.54, 1.807) is 0 Å². The Bertz CT molecular complexity index is 137. The maximum atomic E-state index is 3.21. The van der Waals surface area contributed by atoms with E-state index in [1.165, 1.54) is 0 Å². The van der Waals surface area contributed by atoms with Gasteiger partial charge in [-0.2, -0.15) is 0 Å². The molecule has 0 atom stereocenters. The van der Waals surface area contributed by atoms with Crippen molar-refractivity contribution < 1.29 is 0 Å². The molecule has 0 unspecified atom stereocenters. The average Bonchev–Trinajstić information content (AvgIpc) is 2.58. The predicted octanol–water partition coefficient (Wildman–Crippen LogP) is 3.66. The third-order valence-corrected chi connectivity index (χ3v) is 1.26. The Labute approximate surface area is 96.7 Å². The molecule has 0 saturated heterocycles. The molecule has 0 radical (unpaired) electrons. The minimum absolute atomic E-state index is 0.736. The van der Waals surface area contributed by atoms with Gasteiger partial charge in [0.25, 0.3) is 0 Å². The summed E-state index contributed by atoms with van der Waals surface area (Å²) in [4.78, 5) is 0. The first-order valence-corrected chi connectivity index (χ1v) is 6.19. The molecule has 0 amide bonds. The Morgan fingerprint density at radius 2 is 1.60 bits per heavy atom. The standard InChI is InChI=1S/C7H14N2.C4H10.C2H6/c1-7(2)6-9-5-3-4-8-9;1-4(2)3;1-2/h3,5,7-8H,4,6H2,1-2H3;4H,1-3H3;1-2H3. The van der Waals surface area contributed by atoms with Crippen LogP contribution in [0.4, 0.5) is 0 Å². The van der Waals surface area contributed by atoms with E-state index in [1.807, 2.05) is 13.8 Å². The van der Waals surface area contributed by atoms with Crippen molar-refractivity contribution in [2.24, 2.45) is 11.8 Å². The van der Waals surface area contributed by atoms with E-state index in [2.05, 4.69) is 57.3 Å². The summed E-state index contributed by atoms with van der Waals surface area (Å²) >= 11 is 0. The fraction of sp³-hybridized carbons (Fsp3) is 0.846. The first kappa shape index (κ1) is 16.9. The molecule has 1 rings (SSSR count). The van der Waals surface area contributed by atoms with Crippen LogP contribution in [0, 0.1) is 11.8 Å². The first-order chi connectivity index (χ1) is 7.02. The molecule has 92 valence electrons. The Morgan fingerprint density at radius 1 is 1.13 bits per heavy atom. The van der Waals surface area contributed by atoms with E-state index in [0.29, 0.717) is 0 Å². The second-order valence-corrected chi connectivity index (χ2v) is 4.53. The molecular weight excluding hydrogens is 184 g/mol. The monoisotopic (exact) mass is 214 g/mol. The van der Waals surface area contributed by atoms with Gasteiger partial charge in [-0.3, -0.25) is 0 Å². The first-order valence-electron chi connectivity index (χ1n) is 6.19. The highest BCUT2D eigenvalue weighted by atomic mass is 15.5.